The fourth-order valence-corrected chi connectivity index (χ4v) is 13.9. The van der Waals surface area contributed by atoms with Gasteiger partial charge in [0.2, 0.25) is 0 Å². The van der Waals surface area contributed by atoms with Crippen molar-refractivity contribution in [3.8, 4) is 0 Å². The van der Waals surface area contributed by atoms with Crippen LogP contribution in [0.5, 0.6) is 0 Å². The van der Waals surface area contributed by atoms with Crippen LogP contribution in [0.2, 0.25) is 0 Å². The number of ether oxygens (including phenoxy) is 4. The number of phosphoric ester groups is 2. The van der Waals surface area contributed by atoms with Gasteiger partial charge in [0.05, 0.1) is 26.4 Å². The normalized spacial score (nSPS) is 14.2. The maximum absolute atomic E-state index is 13.1. The molecule has 0 bridgehead atoms. The van der Waals surface area contributed by atoms with Crippen LogP contribution in [0.1, 0.15) is 420 Å². The molecular formula is C80H156O17P2. The molecule has 6 atom stereocenters. The summed E-state index contributed by atoms with van der Waals surface area (Å²) in [5.41, 5.74) is 0. The van der Waals surface area contributed by atoms with Gasteiger partial charge in [-0.3, -0.25) is 37.3 Å². The van der Waals surface area contributed by atoms with Gasteiger partial charge >= 0.3 is 39.5 Å². The number of aliphatic hydroxyl groups excluding tert-OH is 1. The van der Waals surface area contributed by atoms with E-state index in [1.807, 2.05) is 0 Å². The molecule has 0 aromatic rings. The number of rotatable bonds is 79. The standard InChI is InChI=1S/C80H156O17P2/c1-7-10-12-14-16-18-20-22-24-26-28-30-32-34-38-46-52-58-64-79(84)96-75(68-90-77(82)62-56-50-44-37-33-31-29-27-25-23-21-19-17-15-13-11-8-2)70-94-98(86,87)92-66-74(81)67-93-99(88,89)95-71-76(97-80(85)65-59-53-47-39-35-36-42-48-54-60-72(4)5)69-91-78(83)63-57-51-45-41-40-43-49-55-61-73(6)9-3/h72-76,81H,7-71H2,1-6H3,(H,86,87)(H,88,89)/t73?,74-,75-,76-/m1/s1. The van der Waals surface area contributed by atoms with Gasteiger partial charge in [-0.2, -0.15) is 0 Å². The summed E-state index contributed by atoms with van der Waals surface area (Å²) in [7, 11) is -9.92. The molecule has 0 spiro atoms. The highest BCUT2D eigenvalue weighted by atomic mass is 31.2. The van der Waals surface area contributed by atoms with Crippen molar-refractivity contribution in [3.63, 3.8) is 0 Å². The number of esters is 4. The van der Waals surface area contributed by atoms with Crippen molar-refractivity contribution in [1.29, 1.82) is 0 Å². The van der Waals surface area contributed by atoms with Crippen molar-refractivity contribution >= 4 is 39.5 Å². The molecule has 3 unspecified atom stereocenters. The van der Waals surface area contributed by atoms with Crippen LogP contribution in [0.25, 0.3) is 0 Å². The van der Waals surface area contributed by atoms with Gasteiger partial charge in [-0.15, -0.1) is 0 Å². The Morgan fingerprint density at radius 2 is 0.515 bits per heavy atom. The largest absolute Gasteiger partial charge is 0.472 e. The quantitative estimate of drug-likeness (QED) is 0.0222. The van der Waals surface area contributed by atoms with Crippen molar-refractivity contribution in [3.05, 3.63) is 0 Å². The third-order valence-electron chi connectivity index (χ3n) is 19.1. The molecule has 588 valence electrons. The average molecular weight is 1450 g/mol. The summed E-state index contributed by atoms with van der Waals surface area (Å²) in [5, 5.41) is 10.6. The van der Waals surface area contributed by atoms with Crippen LogP contribution >= 0.6 is 15.6 Å². The van der Waals surface area contributed by atoms with Crippen LogP contribution in [0, 0.1) is 11.8 Å². The number of aliphatic hydroxyl groups is 1. The Hall–Kier alpha value is -1.94. The average Bonchev–Trinajstić information content (AvgIpc) is 0.975. The van der Waals surface area contributed by atoms with E-state index in [4.69, 9.17) is 37.0 Å². The maximum Gasteiger partial charge on any atom is 0.472 e. The molecule has 0 fully saturated rings. The summed E-state index contributed by atoms with van der Waals surface area (Å²) < 4.78 is 68.7. The lowest BCUT2D eigenvalue weighted by Crippen LogP contribution is -2.30. The second kappa shape index (κ2) is 71.7. The van der Waals surface area contributed by atoms with Crippen LogP contribution in [0.4, 0.5) is 0 Å². The van der Waals surface area contributed by atoms with Crippen molar-refractivity contribution in [2.24, 2.45) is 11.8 Å². The Balaban J connectivity index is 5.25. The molecule has 0 heterocycles. The lowest BCUT2D eigenvalue weighted by Gasteiger charge is -2.21. The summed E-state index contributed by atoms with van der Waals surface area (Å²) in [6.45, 7) is 9.61. The topological polar surface area (TPSA) is 237 Å². The molecule has 0 saturated carbocycles. The number of hydrogen-bond acceptors (Lipinski definition) is 15. The van der Waals surface area contributed by atoms with Crippen LogP contribution in [-0.2, 0) is 65.4 Å². The second-order valence-electron chi connectivity index (χ2n) is 29.5. The van der Waals surface area contributed by atoms with E-state index >= 15 is 0 Å². The van der Waals surface area contributed by atoms with Crippen LogP contribution in [0.3, 0.4) is 0 Å². The first-order chi connectivity index (χ1) is 47.9. The highest BCUT2D eigenvalue weighted by Gasteiger charge is 2.30. The number of carbonyl (C=O) groups is 4. The lowest BCUT2D eigenvalue weighted by molar-refractivity contribution is -0.161. The van der Waals surface area contributed by atoms with Crippen molar-refractivity contribution in [2.75, 3.05) is 39.6 Å². The minimum Gasteiger partial charge on any atom is -0.462 e. The summed E-state index contributed by atoms with van der Waals surface area (Å²) in [6.07, 6.45) is 61.0. The van der Waals surface area contributed by atoms with E-state index in [1.165, 1.54) is 238 Å². The van der Waals surface area contributed by atoms with E-state index in [2.05, 4.69) is 41.5 Å². The number of carbonyl (C=O) groups excluding carboxylic acids is 4. The summed E-state index contributed by atoms with van der Waals surface area (Å²) >= 11 is 0. The van der Waals surface area contributed by atoms with Gasteiger partial charge in [0.25, 0.3) is 0 Å². The van der Waals surface area contributed by atoms with Gasteiger partial charge in [0.15, 0.2) is 12.2 Å². The minimum absolute atomic E-state index is 0.105. The molecule has 0 aliphatic rings. The number of hydrogen-bond donors (Lipinski definition) is 3. The molecule has 3 N–H and O–H groups in total. The Bertz CT molecular complexity index is 1910. The number of phosphoric acid groups is 2. The van der Waals surface area contributed by atoms with Crippen molar-refractivity contribution in [1.82, 2.24) is 0 Å². The summed E-state index contributed by atoms with van der Waals surface area (Å²) in [5.74, 6) is -0.596. The monoisotopic (exact) mass is 1450 g/mol. The molecule has 0 aromatic carbocycles. The Morgan fingerprint density at radius 1 is 0.293 bits per heavy atom. The van der Waals surface area contributed by atoms with E-state index in [0.717, 1.165) is 102 Å². The molecule has 99 heavy (non-hydrogen) atoms. The zero-order chi connectivity index (χ0) is 72.8. The summed E-state index contributed by atoms with van der Waals surface area (Å²) in [6, 6.07) is 0. The first-order valence-electron chi connectivity index (χ1n) is 41.5. The van der Waals surface area contributed by atoms with Crippen molar-refractivity contribution < 1.29 is 80.2 Å². The molecule has 19 heteroatoms. The van der Waals surface area contributed by atoms with Gasteiger partial charge in [0, 0.05) is 25.7 Å². The third-order valence-corrected chi connectivity index (χ3v) is 21.0. The zero-order valence-corrected chi connectivity index (χ0v) is 66.6. The van der Waals surface area contributed by atoms with Crippen LogP contribution < -0.4 is 0 Å². The molecule has 0 radical (unpaired) electrons. The van der Waals surface area contributed by atoms with E-state index in [1.54, 1.807) is 0 Å². The summed E-state index contributed by atoms with van der Waals surface area (Å²) in [4.78, 5) is 73.0. The Morgan fingerprint density at radius 3 is 0.768 bits per heavy atom. The van der Waals surface area contributed by atoms with Crippen molar-refractivity contribution in [2.45, 2.75) is 439 Å². The molecule has 0 aromatic heterocycles. The van der Waals surface area contributed by atoms with Gasteiger partial charge in [-0.25, -0.2) is 9.13 Å². The highest BCUT2D eigenvalue weighted by molar-refractivity contribution is 7.47. The fourth-order valence-electron chi connectivity index (χ4n) is 12.3. The molecule has 0 amide bonds. The smallest absolute Gasteiger partial charge is 0.462 e. The first kappa shape index (κ1) is 97.1. The minimum atomic E-state index is -4.96. The molecule has 0 aliphatic carbocycles. The highest BCUT2D eigenvalue weighted by Crippen LogP contribution is 2.45. The second-order valence-corrected chi connectivity index (χ2v) is 32.4. The van der Waals surface area contributed by atoms with Gasteiger partial charge in [0.1, 0.15) is 19.3 Å². The van der Waals surface area contributed by atoms with E-state index in [-0.39, 0.29) is 25.7 Å². The van der Waals surface area contributed by atoms with E-state index in [9.17, 15) is 43.2 Å². The Labute approximate surface area is 607 Å². The number of unbranched alkanes of at least 4 members (excludes halogenated alkanes) is 48. The van der Waals surface area contributed by atoms with E-state index in [0.29, 0.717) is 25.7 Å². The molecule has 0 rings (SSSR count). The molecule has 0 saturated heterocycles. The predicted molar refractivity (Wildman–Crippen MR) is 405 cm³/mol. The SMILES string of the molecule is CCCCCCCCCCCCCCCCCCCCC(=O)O[C@H](COC(=O)CCCCCCCCCCCCCCCCCCC)COP(=O)(O)OC[C@@H](O)COP(=O)(O)OC[C@@H](COC(=O)CCCCCCCCCCC(C)CC)OC(=O)CCCCCCCCCCCC(C)C. The predicted octanol–water partition coefficient (Wildman–Crippen LogP) is 23.9. The zero-order valence-electron chi connectivity index (χ0n) is 64.8. The molecular weight excluding hydrogens is 1290 g/mol. The van der Waals surface area contributed by atoms with Gasteiger partial charge in [-0.05, 0) is 37.5 Å². The van der Waals surface area contributed by atoms with Crippen LogP contribution in [0.15, 0.2) is 0 Å². The maximum atomic E-state index is 13.1. The van der Waals surface area contributed by atoms with E-state index < -0.39 is 97.5 Å². The molecule has 17 nitrogen and oxygen atoms in total. The fraction of sp³-hybridized carbons (Fsp3) is 0.950. The Kier molecular flexibility index (Phi) is 70.3. The lowest BCUT2D eigenvalue weighted by atomic mass is 9.99. The third kappa shape index (κ3) is 72.8. The van der Waals surface area contributed by atoms with Gasteiger partial charge < -0.3 is 33.8 Å². The molecule has 0 aliphatic heterocycles. The van der Waals surface area contributed by atoms with Crippen LogP contribution in [-0.4, -0.2) is 96.7 Å². The van der Waals surface area contributed by atoms with Gasteiger partial charge in [-0.1, -0.05) is 369 Å². The first-order valence-corrected chi connectivity index (χ1v) is 44.5.